The lowest BCUT2D eigenvalue weighted by molar-refractivity contribution is -0.118. The van der Waals surface area contributed by atoms with Crippen molar-refractivity contribution in [3.05, 3.63) is 68.8 Å². The van der Waals surface area contributed by atoms with E-state index in [2.05, 4.69) is 26.1 Å². The molecule has 1 aliphatic carbocycles. The Morgan fingerprint density at radius 2 is 1.92 bits per heavy atom. The van der Waals surface area contributed by atoms with Crippen LogP contribution in [0.1, 0.15) is 57.2 Å². The number of nitrogens with one attached hydrogen (secondary N) is 1. The molecule has 0 fully saturated rings. The summed E-state index contributed by atoms with van der Waals surface area (Å²) in [5, 5.41) is 9.99. The van der Waals surface area contributed by atoms with Crippen LogP contribution in [0.5, 0.6) is 11.5 Å². The van der Waals surface area contributed by atoms with Gasteiger partial charge in [0.1, 0.15) is 12.6 Å². The van der Waals surface area contributed by atoms with E-state index in [-0.39, 0.29) is 17.8 Å². The van der Waals surface area contributed by atoms with Crippen molar-refractivity contribution in [2.45, 2.75) is 57.8 Å². The van der Waals surface area contributed by atoms with Crippen LogP contribution in [0.15, 0.2) is 52.8 Å². The number of benzene rings is 2. The first-order valence-electron chi connectivity index (χ1n) is 12.6. The van der Waals surface area contributed by atoms with E-state index in [0.29, 0.717) is 44.6 Å². The Bertz CT molecular complexity index is 1400. The average molecular weight is 574 g/mol. The first kappa shape index (κ1) is 26.9. The molecule has 10 heteroatoms. The molecule has 5 rings (SSSR count). The molecule has 38 heavy (non-hydrogen) atoms. The summed E-state index contributed by atoms with van der Waals surface area (Å²) in [7, 11) is 1.59. The number of rotatable bonds is 8. The van der Waals surface area contributed by atoms with Crippen molar-refractivity contribution in [1.29, 1.82) is 0 Å². The Morgan fingerprint density at radius 1 is 1.16 bits per heavy atom. The molecule has 2 aromatic carbocycles. The van der Waals surface area contributed by atoms with Gasteiger partial charge in [0.2, 0.25) is 11.1 Å². The average Bonchev–Trinajstić information content (AvgIpc) is 3.27. The summed E-state index contributed by atoms with van der Waals surface area (Å²) in [4.78, 5) is 18.3. The Balaban J connectivity index is 1.53. The molecule has 1 N–H and O–H groups in total. The lowest BCUT2D eigenvalue weighted by Gasteiger charge is -2.38. The van der Waals surface area contributed by atoms with Gasteiger partial charge in [0.15, 0.2) is 17.3 Å². The van der Waals surface area contributed by atoms with Gasteiger partial charge in [-0.05, 0) is 48.1 Å². The minimum atomic E-state index is -0.422. The van der Waals surface area contributed by atoms with Crippen molar-refractivity contribution in [2.24, 2.45) is 5.41 Å². The Kier molecular flexibility index (Phi) is 7.67. The molecule has 2 aliphatic rings. The predicted octanol–water partition coefficient (Wildman–Crippen LogP) is 7.33. The van der Waals surface area contributed by atoms with Gasteiger partial charge < -0.3 is 14.8 Å². The maximum atomic E-state index is 13.5. The second-order valence-electron chi connectivity index (χ2n) is 10.3. The summed E-state index contributed by atoms with van der Waals surface area (Å²) < 4.78 is 13.6. The van der Waals surface area contributed by atoms with Crippen LogP contribution in [0.2, 0.25) is 10.0 Å². The van der Waals surface area contributed by atoms with E-state index < -0.39 is 6.04 Å². The number of aromatic nitrogens is 3. The van der Waals surface area contributed by atoms with Crippen LogP contribution in [-0.4, -0.2) is 33.4 Å². The predicted molar refractivity (Wildman–Crippen MR) is 152 cm³/mol. The second-order valence-corrected chi connectivity index (χ2v) is 12.1. The van der Waals surface area contributed by atoms with Crippen molar-refractivity contribution in [3.8, 4) is 11.5 Å². The van der Waals surface area contributed by atoms with Crippen LogP contribution in [0.25, 0.3) is 0 Å². The van der Waals surface area contributed by atoms with Crippen LogP contribution in [0.4, 0.5) is 5.95 Å². The molecule has 7 nitrogen and oxygen atoms in total. The molecular weight excluding hydrogens is 543 g/mol. The van der Waals surface area contributed by atoms with Crippen molar-refractivity contribution in [2.75, 3.05) is 18.2 Å². The number of hydrogen-bond acceptors (Lipinski definition) is 7. The number of carbonyl (C=O) groups excluding carboxylic acids is 1. The fourth-order valence-corrected chi connectivity index (χ4v) is 6.14. The highest BCUT2D eigenvalue weighted by molar-refractivity contribution is 7.99. The number of methoxy groups -OCH3 is 1. The van der Waals surface area contributed by atoms with Crippen molar-refractivity contribution >= 4 is 46.7 Å². The van der Waals surface area contributed by atoms with Crippen LogP contribution in [-0.2, 0) is 11.4 Å². The van der Waals surface area contributed by atoms with Gasteiger partial charge in [-0.1, -0.05) is 67.9 Å². The zero-order valence-corrected chi connectivity index (χ0v) is 24.1. The monoisotopic (exact) mass is 572 g/mol. The summed E-state index contributed by atoms with van der Waals surface area (Å²) in [6, 6.07) is 10.6. The molecule has 1 aliphatic heterocycles. The smallest absolute Gasteiger partial charge is 0.227 e. The minimum Gasteiger partial charge on any atom is -0.493 e. The number of Topliss-reactive ketones (excluding diaryl/α,β-unsaturated/α-hetero) is 1. The third-order valence-corrected chi connectivity index (χ3v) is 8.44. The molecule has 3 aromatic rings. The Morgan fingerprint density at radius 3 is 2.63 bits per heavy atom. The lowest BCUT2D eigenvalue weighted by Crippen LogP contribution is -2.36. The SMILES string of the molecule is CCCSc1nc2n(n1)C(c1ccc(OCc3c(Cl)cccc3Cl)c(OC)c1)C1=C(CC(C)(C)CC1=O)N2. The number of halogens is 2. The van der Waals surface area contributed by atoms with Gasteiger partial charge in [-0.3, -0.25) is 4.79 Å². The number of nitrogens with zero attached hydrogens (tertiary/aromatic N) is 3. The van der Waals surface area contributed by atoms with Crippen LogP contribution < -0.4 is 14.8 Å². The van der Waals surface area contributed by atoms with Gasteiger partial charge >= 0.3 is 0 Å². The number of ether oxygens (including phenoxy) is 2. The van der Waals surface area contributed by atoms with Crippen molar-refractivity contribution < 1.29 is 14.3 Å². The standard InChI is InChI=1S/C28H30Cl2N4O3S/c1-5-11-38-27-32-26-31-20-13-28(2,3)14-21(35)24(20)25(34(26)33-27)16-9-10-22(23(12-16)36-4)37-15-17-18(29)7-6-8-19(17)30/h6-10,12,25H,5,11,13-15H2,1-4H3,(H,31,32,33). The van der Waals surface area contributed by atoms with Crippen molar-refractivity contribution in [3.63, 3.8) is 0 Å². The number of hydrogen-bond donors (Lipinski definition) is 1. The molecule has 1 unspecified atom stereocenters. The number of allylic oxidation sites excluding steroid dienone is 2. The topological polar surface area (TPSA) is 78.3 Å². The van der Waals surface area contributed by atoms with E-state index in [0.717, 1.165) is 35.4 Å². The van der Waals surface area contributed by atoms with Gasteiger partial charge in [0, 0.05) is 39.1 Å². The zero-order valence-electron chi connectivity index (χ0n) is 21.8. The highest BCUT2D eigenvalue weighted by Crippen LogP contribution is 2.46. The maximum Gasteiger partial charge on any atom is 0.227 e. The highest BCUT2D eigenvalue weighted by atomic mass is 35.5. The fourth-order valence-electron chi connectivity index (χ4n) is 4.95. The molecule has 0 saturated carbocycles. The molecule has 0 amide bonds. The number of ketones is 1. The van der Waals surface area contributed by atoms with Crippen molar-refractivity contribution in [1.82, 2.24) is 14.8 Å². The van der Waals surface area contributed by atoms with Gasteiger partial charge in [-0.2, -0.15) is 4.98 Å². The molecule has 0 radical (unpaired) electrons. The molecule has 2 heterocycles. The largest absolute Gasteiger partial charge is 0.493 e. The molecule has 200 valence electrons. The number of thioether (sulfide) groups is 1. The molecule has 0 bridgehead atoms. The molecular formula is C28H30Cl2N4O3S. The van der Waals surface area contributed by atoms with E-state index in [1.807, 2.05) is 22.9 Å². The molecule has 0 saturated heterocycles. The summed E-state index contributed by atoms with van der Waals surface area (Å²) in [5.41, 5.74) is 3.08. The summed E-state index contributed by atoms with van der Waals surface area (Å²) >= 11 is 14.2. The van der Waals surface area contributed by atoms with E-state index in [4.69, 9.17) is 42.8 Å². The van der Waals surface area contributed by atoms with Gasteiger partial charge in [-0.25, -0.2) is 4.68 Å². The zero-order chi connectivity index (χ0) is 27.0. The third kappa shape index (κ3) is 5.26. The molecule has 1 atom stereocenters. The lowest BCUT2D eigenvalue weighted by atomic mass is 9.73. The number of fused-ring (bicyclic) bond motifs is 1. The summed E-state index contributed by atoms with van der Waals surface area (Å²) in [5.74, 6) is 2.76. The van der Waals surface area contributed by atoms with Crippen LogP contribution in [0.3, 0.4) is 0 Å². The Labute approximate surface area is 236 Å². The van der Waals surface area contributed by atoms with E-state index in [1.165, 1.54) is 0 Å². The second kappa shape index (κ2) is 10.8. The number of anilines is 1. The van der Waals surface area contributed by atoms with Crippen LogP contribution in [0, 0.1) is 5.41 Å². The summed E-state index contributed by atoms with van der Waals surface area (Å²) in [6.07, 6.45) is 2.25. The highest BCUT2D eigenvalue weighted by Gasteiger charge is 2.42. The van der Waals surface area contributed by atoms with Crippen LogP contribution >= 0.6 is 35.0 Å². The summed E-state index contributed by atoms with van der Waals surface area (Å²) in [6.45, 7) is 6.55. The first-order valence-corrected chi connectivity index (χ1v) is 14.3. The van der Waals surface area contributed by atoms with Gasteiger partial charge in [0.05, 0.1) is 7.11 Å². The quantitative estimate of drug-likeness (QED) is 0.283. The van der Waals surface area contributed by atoms with Gasteiger partial charge in [-0.15, -0.1) is 5.10 Å². The third-order valence-electron chi connectivity index (χ3n) is 6.68. The number of carbonyl (C=O) groups is 1. The van der Waals surface area contributed by atoms with E-state index >= 15 is 0 Å². The van der Waals surface area contributed by atoms with E-state index in [9.17, 15) is 4.79 Å². The minimum absolute atomic E-state index is 0.116. The van der Waals surface area contributed by atoms with E-state index in [1.54, 1.807) is 37.1 Å². The Hall–Kier alpha value is -2.68. The maximum absolute atomic E-state index is 13.5. The first-order chi connectivity index (χ1) is 18.2. The fraction of sp³-hybridized carbons (Fsp3) is 0.393. The van der Waals surface area contributed by atoms with Gasteiger partial charge in [0.25, 0.3) is 0 Å². The molecule has 0 spiro atoms. The normalized spacial score (nSPS) is 18.1. The molecule has 1 aromatic heterocycles.